The molecule has 1 unspecified atom stereocenters. The SMILES string of the molecule is COc1ccc(Cl)cc1C(O)c1cc(Br)ccc1C. The lowest BCUT2D eigenvalue weighted by molar-refractivity contribution is 0.214. The van der Waals surface area contributed by atoms with Crippen molar-refractivity contribution in [3.63, 3.8) is 0 Å². The minimum Gasteiger partial charge on any atom is -0.496 e. The Kier molecular flexibility index (Phi) is 4.50. The highest BCUT2D eigenvalue weighted by Crippen LogP contribution is 2.34. The molecule has 0 fully saturated rings. The van der Waals surface area contributed by atoms with Gasteiger partial charge in [0.05, 0.1) is 7.11 Å². The van der Waals surface area contributed by atoms with E-state index in [2.05, 4.69) is 15.9 Å². The molecular weight excluding hydrogens is 328 g/mol. The lowest BCUT2D eigenvalue weighted by atomic mass is 9.97. The first kappa shape index (κ1) is 14.4. The third-order valence-corrected chi connectivity index (χ3v) is 3.75. The first-order valence-corrected chi connectivity index (χ1v) is 6.97. The first-order chi connectivity index (χ1) is 9.02. The summed E-state index contributed by atoms with van der Waals surface area (Å²) in [6, 6.07) is 11.0. The molecule has 4 heteroatoms. The zero-order chi connectivity index (χ0) is 14.0. The molecule has 2 nitrogen and oxygen atoms in total. The van der Waals surface area contributed by atoms with E-state index in [4.69, 9.17) is 16.3 Å². The van der Waals surface area contributed by atoms with E-state index < -0.39 is 6.10 Å². The van der Waals surface area contributed by atoms with E-state index in [1.807, 2.05) is 25.1 Å². The van der Waals surface area contributed by atoms with Gasteiger partial charge in [-0.15, -0.1) is 0 Å². The predicted octanol–water partition coefficient (Wildman–Crippen LogP) is 4.50. The van der Waals surface area contributed by atoms with Crippen LogP contribution in [-0.4, -0.2) is 12.2 Å². The minimum absolute atomic E-state index is 0.572. The number of rotatable bonds is 3. The fraction of sp³-hybridized carbons (Fsp3) is 0.200. The normalized spacial score (nSPS) is 12.3. The van der Waals surface area contributed by atoms with Crippen molar-refractivity contribution < 1.29 is 9.84 Å². The van der Waals surface area contributed by atoms with Gasteiger partial charge in [0.15, 0.2) is 0 Å². The molecule has 0 amide bonds. The van der Waals surface area contributed by atoms with Crippen LogP contribution in [0.4, 0.5) is 0 Å². The average molecular weight is 342 g/mol. The van der Waals surface area contributed by atoms with E-state index in [9.17, 15) is 5.11 Å². The summed E-state index contributed by atoms with van der Waals surface area (Å²) in [5, 5.41) is 11.1. The van der Waals surface area contributed by atoms with Crippen molar-refractivity contribution in [1.82, 2.24) is 0 Å². The smallest absolute Gasteiger partial charge is 0.125 e. The lowest BCUT2D eigenvalue weighted by Gasteiger charge is -2.17. The van der Waals surface area contributed by atoms with Crippen LogP contribution < -0.4 is 4.74 Å². The third kappa shape index (κ3) is 3.11. The molecule has 0 saturated carbocycles. The number of aryl methyl sites for hydroxylation is 1. The fourth-order valence-electron chi connectivity index (χ4n) is 1.99. The molecule has 100 valence electrons. The highest BCUT2D eigenvalue weighted by molar-refractivity contribution is 9.10. The Labute approximate surface area is 126 Å². The van der Waals surface area contributed by atoms with Crippen molar-refractivity contribution in [3.05, 3.63) is 62.6 Å². The van der Waals surface area contributed by atoms with Gasteiger partial charge >= 0.3 is 0 Å². The van der Waals surface area contributed by atoms with Crippen LogP contribution in [0.1, 0.15) is 22.8 Å². The van der Waals surface area contributed by atoms with Gasteiger partial charge in [-0.2, -0.15) is 0 Å². The van der Waals surface area contributed by atoms with Gasteiger partial charge in [0.2, 0.25) is 0 Å². The maximum absolute atomic E-state index is 10.6. The molecule has 0 aliphatic carbocycles. The standard InChI is InChI=1S/C15H14BrClO2/c1-9-3-4-10(16)7-12(9)15(18)13-8-11(17)5-6-14(13)19-2/h3-8,15,18H,1-2H3. The number of aliphatic hydroxyl groups excluding tert-OH is 1. The highest BCUT2D eigenvalue weighted by Gasteiger charge is 2.18. The molecule has 0 spiro atoms. The van der Waals surface area contributed by atoms with Crippen molar-refractivity contribution in [2.75, 3.05) is 7.11 Å². The van der Waals surface area contributed by atoms with E-state index in [0.717, 1.165) is 15.6 Å². The van der Waals surface area contributed by atoms with Gasteiger partial charge in [-0.1, -0.05) is 33.6 Å². The molecule has 19 heavy (non-hydrogen) atoms. The molecule has 2 rings (SSSR count). The second-order valence-electron chi connectivity index (χ2n) is 4.29. The summed E-state index contributed by atoms with van der Waals surface area (Å²) in [5.74, 6) is 0.622. The van der Waals surface area contributed by atoms with Crippen molar-refractivity contribution in [1.29, 1.82) is 0 Å². The Balaban J connectivity index is 2.51. The summed E-state index contributed by atoms with van der Waals surface area (Å²) >= 11 is 9.42. The van der Waals surface area contributed by atoms with Crippen LogP contribution in [-0.2, 0) is 0 Å². The van der Waals surface area contributed by atoms with E-state index in [-0.39, 0.29) is 0 Å². The van der Waals surface area contributed by atoms with E-state index in [1.54, 1.807) is 25.3 Å². The van der Waals surface area contributed by atoms with Crippen LogP contribution in [0.2, 0.25) is 5.02 Å². The Hall–Kier alpha value is -1.03. The van der Waals surface area contributed by atoms with Gasteiger partial charge < -0.3 is 9.84 Å². The molecule has 1 N–H and O–H groups in total. The van der Waals surface area contributed by atoms with Crippen LogP contribution in [0.25, 0.3) is 0 Å². The Bertz CT molecular complexity index is 599. The van der Waals surface area contributed by atoms with E-state index in [0.29, 0.717) is 16.3 Å². The third-order valence-electron chi connectivity index (χ3n) is 3.02. The van der Waals surface area contributed by atoms with Crippen LogP contribution >= 0.6 is 27.5 Å². The van der Waals surface area contributed by atoms with Crippen LogP contribution in [0.3, 0.4) is 0 Å². The summed E-state index contributed by atoms with van der Waals surface area (Å²) in [6.45, 7) is 1.96. The van der Waals surface area contributed by atoms with Crippen molar-refractivity contribution in [2.24, 2.45) is 0 Å². The summed E-state index contributed by atoms with van der Waals surface area (Å²) in [4.78, 5) is 0. The minimum atomic E-state index is -0.772. The molecule has 0 bridgehead atoms. The number of methoxy groups -OCH3 is 1. The number of benzene rings is 2. The molecule has 0 saturated heterocycles. The zero-order valence-electron chi connectivity index (χ0n) is 10.7. The quantitative estimate of drug-likeness (QED) is 0.890. The van der Waals surface area contributed by atoms with Crippen molar-refractivity contribution >= 4 is 27.5 Å². The van der Waals surface area contributed by atoms with Gasteiger partial charge in [0.1, 0.15) is 11.9 Å². The molecule has 2 aromatic carbocycles. The Morgan fingerprint density at radius 3 is 2.58 bits per heavy atom. The Morgan fingerprint density at radius 1 is 1.16 bits per heavy atom. The van der Waals surface area contributed by atoms with Crippen molar-refractivity contribution in [2.45, 2.75) is 13.0 Å². The maximum atomic E-state index is 10.6. The van der Waals surface area contributed by atoms with Gasteiger partial charge in [0, 0.05) is 15.1 Å². The van der Waals surface area contributed by atoms with Crippen molar-refractivity contribution in [3.8, 4) is 5.75 Å². The summed E-state index contributed by atoms with van der Waals surface area (Å²) in [7, 11) is 1.58. The lowest BCUT2D eigenvalue weighted by Crippen LogP contribution is -2.04. The highest BCUT2D eigenvalue weighted by atomic mass is 79.9. The molecule has 0 aliphatic rings. The van der Waals surface area contributed by atoms with Gasteiger partial charge in [-0.25, -0.2) is 0 Å². The van der Waals surface area contributed by atoms with Gasteiger partial charge in [0.25, 0.3) is 0 Å². The van der Waals surface area contributed by atoms with E-state index in [1.165, 1.54) is 0 Å². The molecule has 0 heterocycles. The topological polar surface area (TPSA) is 29.5 Å². The number of ether oxygens (including phenoxy) is 1. The summed E-state index contributed by atoms with van der Waals surface area (Å²) in [6.07, 6.45) is -0.772. The van der Waals surface area contributed by atoms with Crippen LogP contribution in [0.5, 0.6) is 5.75 Å². The van der Waals surface area contributed by atoms with Gasteiger partial charge in [-0.3, -0.25) is 0 Å². The Morgan fingerprint density at radius 2 is 1.89 bits per heavy atom. The molecule has 0 radical (unpaired) electrons. The maximum Gasteiger partial charge on any atom is 0.125 e. The average Bonchev–Trinajstić information content (AvgIpc) is 2.40. The first-order valence-electron chi connectivity index (χ1n) is 5.80. The predicted molar refractivity (Wildman–Crippen MR) is 80.9 cm³/mol. The molecule has 0 aromatic heterocycles. The number of hydrogen-bond donors (Lipinski definition) is 1. The molecule has 1 atom stereocenters. The monoisotopic (exact) mass is 340 g/mol. The van der Waals surface area contributed by atoms with Gasteiger partial charge in [-0.05, 0) is 48.4 Å². The zero-order valence-corrected chi connectivity index (χ0v) is 13.0. The second-order valence-corrected chi connectivity index (χ2v) is 5.64. The number of halogens is 2. The molecule has 0 aliphatic heterocycles. The van der Waals surface area contributed by atoms with E-state index >= 15 is 0 Å². The van der Waals surface area contributed by atoms with Crippen LogP contribution in [0, 0.1) is 6.92 Å². The molecular formula is C15H14BrClO2. The summed E-state index contributed by atoms with van der Waals surface area (Å²) in [5.41, 5.74) is 2.50. The fourth-order valence-corrected chi connectivity index (χ4v) is 2.55. The largest absolute Gasteiger partial charge is 0.496 e. The second kappa shape index (κ2) is 5.95. The number of hydrogen-bond acceptors (Lipinski definition) is 2. The molecule has 2 aromatic rings. The van der Waals surface area contributed by atoms with Crippen LogP contribution in [0.15, 0.2) is 40.9 Å². The number of aliphatic hydroxyl groups is 1. The summed E-state index contributed by atoms with van der Waals surface area (Å²) < 4.78 is 6.21.